The summed E-state index contributed by atoms with van der Waals surface area (Å²) in [6, 6.07) is 8.59. The summed E-state index contributed by atoms with van der Waals surface area (Å²) in [6.45, 7) is 11.0. The van der Waals surface area contributed by atoms with Crippen LogP contribution < -0.4 is 0 Å². The fraction of sp³-hybridized carbons (Fsp3) is 0.593. The Morgan fingerprint density at radius 3 is 2.17 bits per heavy atom. The second-order valence-corrected chi connectivity index (χ2v) is 12.7. The highest BCUT2D eigenvalue weighted by Crippen LogP contribution is 2.46. The number of amides is 2. The third-order valence-electron chi connectivity index (χ3n) is 6.11. The van der Waals surface area contributed by atoms with Gasteiger partial charge in [0.2, 0.25) is 0 Å². The van der Waals surface area contributed by atoms with Crippen LogP contribution in [0.25, 0.3) is 11.1 Å². The highest BCUT2D eigenvalue weighted by atomic mass is 79.9. The number of nitrogens with zero attached hydrogens (tertiary/aromatic N) is 3. The fourth-order valence-electron chi connectivity index (χ4n) is 4.31. The molecule has 1 heterocycles. The molecule has 8 heteroatoms. The lowest BCUT2D eigenvalue weighted by Crippen LogP contribution is -2.47. The number of carbonyl (C=O) groups is 2. The lowest BCUT2D eigenvalue weighted by Gasteiger charge is -2.38. The third-order valence-corrected chi connectivity index (χ3v) is 6.61. The number of ether oxygens (including phenoxy) is 2. The fourth-order valence-corrected chi connectivity index (χ4v) is 4.71. The quantitative estimate of drug-likeness (QED) is 0.393. The Labute approximate surface area is 216 Å². The van der Waals surface area contributed by atoms with Gasteiger partial charge in [0.1, 0.15) is 11.2 Å². The van der Waals surface area contributed by atoms with Gasteiger partial charge in [0.15, 0.2) is 0 Å². The van der Waals surface area contributed by atoms with Gasteiger partial charge >= 0.3 is 12.2 Å². The van der Waals surface area contributed by atoms with Crippen LogP contribution in [0.2, 0.25) is 0 Å². The first-order valence-corrected chi connectivity index (χ1v) is 13.2. The predicted molar refractivity (Wildman–Crippen MR) is 138 cm³/mol. The molecule has 2 aliphatic carbocycles. The van der Waals surface area contributed by atoms with Crippen LogP contribution in [-0.4, -0.2) is 44.6 Å². The molecule has 0 radical (unpaired) electrons. The summed E-state index contributed by atoms with van der Waals surface area (Å²) in [5.41, 5.74) is 2.15. The molecule has 1 aromatic carbocycles. The van der Waals surface area contributed by atoms with Crippen LogP contribution in [0.3, 0.4) is 0 Å². The lowest BCUT2D eigenvalue weighted by atomic mass is 9.80. The minimum absolute atomic E-state index is 0.169. The van der Waals surface area contributed by atoms with Crippen molar-refractivity contribution >= 4 is 28.1 Å². The molecule has 190 valence electrons. The molecular formula is C27H36BrN3O4. The van der Waals surface area contributed by atoms with Gasteiger partial charge in [-0.3, -0.25) is 4.68 Å². The number of hydrogen-bond acceptors (Lipinski definition) is 5. The molecule has 0 bridgehead atoms. The Kier molecular flexibility index (Phi) is 7.06. The molecule has 0 unspecified atom stereocenters. The molecule has 0 saturated heterocycles. The SMILES string of the molecule is CC(C)(C)OC(=O)N(CC1CC(n2cc(-c3cccc(Br)c3)c(C3CC3)n2)C1)C(=O)OC(C)(C)C. The van der Waals surface area contributed by atoms with Crippen LogP contribution in [0.1, 0.15) is 84.9 Å². The number of imide groups is 1. The first-order chi connectivity index (χ1) is 16.3. The maximum atomic E-state index is 12.8. The molecule has 4 rings (SSSR count). The molecule has 0 atom stereocenters. The van der Waals surface area contributed by atoms with Gasteiger partial charge in [-0.15, -0.1) is 0 Å². The van der Waals surface area contributed by atoms with Gasteiger partial charge in [-0.1, -0.05) is 28.1 Å². The first kappa shape index (κ1) is 25.7. The van der Waals surface area contributed by atoms with E-state index in [4.69, 9.17) is 14.6 Å². The average molecular weight is 547 g/mol. The maximum absolute atomic E-state index is 12.8. The Balaban J connectivity index is 1.45. The van der Waals surface area contributed by atoms with Crippen molar-refractivity contribution in [3.05, 3.63) is 40.6 Å². The van der Waals surface area contributed by atoms with Crippen molar-refractivity contribution in [2.45, 2.75) is 90.4 Å². The van der Waals surface area contributed by atoms with Crippen LogP contribution in [0.4, 0.5) is 9.59 Å². The maximum Gasteiger partial charge on any atom is 0.419 e. The standard InChI is InChI=1S/C27H36BrN3O4/c1-26(2,3)34-24(32)30(25(33)35-27(4,5)6)15-17-12-21(13-17)31-16-22(23(29-31)18-10-11-18)19-8-7-9-20(28)14-19/h7-9,14,16-18,21H,10-13,15H2,1-6H3. The molecule has 2 amide bonds. The summed E-state index contributed by atoms with van der Waals surface area (Å²) in [6.07, 6.45) is 4.88. The van der Waals surface area contributed by atoms with Crippen molar-refractivity contribution < 1.29 is 19.1 Å². The number of hydrogen-bond donors (Lipinski definition) is 0. The summed E-state index contributed by atoms with van der Waals surface area (Å²) >= 11 is 3.58. The zero-order chi connectivity index (χ0) is 25.5. The number of aromatic nitrogens is 2. The third kappa shape index (κ3) is 6.66. The van der Waals surface area contributed by atoms with Crippen LogP contribution in [0, 0.1) is 5.92 Å². The second kappa shape index (κ2) is 9.60. The molecule has 0 N–H and O–H groups in total. The summed E-state index contributed by atoms with van der Waals surface area (Å²) in [4.78, 5) is 26.7. The zero-order valence-corrected chi connectivity index (χ0v) is 23.1. The summed E-state index contributed by atoms with van der Waals surface area (Å²) < 4.78 is 14.1. The molecule has 2 aliphatic rings. The molecular weight excluding hydrogens is 510 g/mol. The zero-order valence-electron chi connectivity index (χ0n) is 21.5. The Bertz CT molecular complexity index is 1060. The van der Waals surface area contributed by atoms with Crippen LogP contribution in [-0.2, 0) is 9.47 Å². The van der Waals surface area contributed by atoms with Crippen molar-refractivity contribution in [1.82, 2.24) is 14.7 Å². The monoisotopic (exact) mass is 545 g/mol. The first-order valence-electron chi connectivity index (χ1n) is 12.4. The second-order valence-electron chi connectivity index (χ2n) is 11.8. The number of halogens is 1. The smallest absolute Gasteiger partial charge is 0.419 e. The van der Waals surface area contributed by atoms with Crippen LogP contribution >= 0.6 is 15.9 Å². The van der Waals surface area contributed by atoms with Gasteiger partial charge in [-0.2, -0.15) is 5.10 Å². The highest BCUT2D eigenvalue weighted by Gasteiger charge is 2.39. The van der Waals surface area contributed by atoms with E-state index in [0.29, 0.717) is 5.92 Å². The van der Waals surface area contributed by atoms with E-state index in [9.17, 15) is 9.59 Å². The molecule has 35 heavy (non-hydrogen) atoms. The van der Waals surface area contributed by atoms with Gasteiger partial charge in [0.05, 0.1) is 11.7 Å². The van der Waals surface area contributed by atoms with E-state index in [0.717, 1.165) is 22.2 Å². The Morgan fingerprint density at radius 2 is 1.66 bits per heavy atom. The number of rotatable bonds is 5. The van der Waals surface area contributed by atoms with Crippen LogP contribution in [0.15, 0.2) is 34.9 Å². The Morgan fingerprint density at radius 1 is 1.06 bits per heavy atom. The minimum atomic E-state index is -0.698. The number of carbonyl (C=O) groups excluding carboxylic acids is 2. The summed E-state index contributed by atoms with van der Waals surface area (Å²) in [7, 11) is 0. The topological polar surface area (TPSA) is 73.7 Å². The van der Waals surface area contributed by atoms with E-state index in [1.807, 2.05) is 6.07 Å². The molecule has 2 saturated carbocycles. The molecule has 1 aromatic heterocycles. The van der Waals surface area contributed by atoms with E-state index in [-0.39, 0.29) is 18.5 Å². The lowest BCUT2D eigenvalue weighted by molar-refractivity contribution is -0.00641. The van der Waals surface area contributed by atoms with Gasteiger partial charge in [0.25, 0.3) is 0 Å². The van der Waals surface area contributed by atoms with Gasteiger partial charge in [-0.05, 0) is 90.8 Å². The largest absolute Gasteiger partial charge is 0.443 e. The minimum Gasteiger partial charge on any atom is -0.443 e. The summed E-state index contributed by atoms with van der Waals surface area (Å²) in [5.74, 6) is 0.707. The van der Waals surface area contributed by atoms with Crippen LogP contribution in [0.5, 0.6) is 0 Å². The van der Waals surface area contributed by atoms with Crippen molar-refractivity contribution in [3.8, 4) is 11.1 Å². The van der Waals surface area contributed by atoms with E-state index < -0.39 is 23.4 Å². The normalized spacial score (nSPS) is 20.2. The van der Waals surface area contributed by atoms with Crippen molar-refractivity contribution in [1.29, 1.82) is 0 Å². The van der Waals surface area contributed by atoms with Crippen molar-refractivity contribution in [2.24, 2.45) is 5.92 Å². The molecule has 2 fully saturated rings. The Hall–Kier alpha value is -2.35. The van der Waals surface area contributed by atoms with Crippen molar-refractivity contribution in [3.63, 3.8) is 0 Å². The van der Waals surface area contributed by atoms with E-state index in [1.54, 1.807) is 41.5 Å². The van der Waals surface area contributed by atoms with Gasteiger partial charge < -0.3 is 9.47 Å². The van der Waals surface area contributed by atoms with E-state index >= 15 is 0 Å². The molecule has 0 spiro atoms. The molecule has 7 nitrogen and oxygen atoms in total. The van der Waals surface area contributed by atoms with Gasteiger partial charge in [0, 0.05) is 28.7 Å². The average Bonchev–Trinajstić information content (AvgIpc) is 3.43. The molecule has 2 aromatic rings. The highest BCUT2D eigenvalue weighted by molar-refractivity contribution is 9.10. The van der Waals surface area contributed by atoms with Crippen molar-refractivity contribution in [2.75, 3.05) is 6.54 Å². The van der Waals surface area contributed by atoms with Gasteiger partial charge in [-0.25, -0.2) is 14.5 Å². The number of benzene rings is 1. The summed E-state index contributed by atoms with van der Waals surface area (Å²) in [5, 5.41) is 4.99. The predicted octanol–water partition coefficient (Wildman–Crippen LogP) is 7.31. The van der Waals surface area contributed by atoms with E-state index in [2.05, 4.69) is 45.0 Å². The van der Waals surface area contributed by atoms with E-state index in [1.165, 1.54) is 29.7 Å². The molecule has 0 aliphatic heterocycles.